The molecule has 5 atom stereocenters. The summed E-state index contributed by atoms with van der Waals surface area (Å²) in [6.07, 6.45) is 8.02. The van der Waals surface area contributed by atoms with Gasteiger partial charge in [-0.3, -0.25) is 24.5 Å². The van der Waals surface area contributed by atoms with Crippen LogP contribution in [0.1, 0.15) is 156 Å². The van der Waals surface area contributed by atoms with Gasteiger partial charge in [-0.1, -0.05) is 195 Å². The van der Waals surface area contributed by atoms with E-state index in [-0.39, 0.29) is 65.4 Å². The van der Waals surface area contributed by atoms with Crippen LogP contribution in [-0.2, 0) is 37.0 Å². The summed E-state index contributed by atoms with van der Waals surface area (Å²) >= 11 is 32.3. The normalized spacial score (nSPS) is 14.9. The molecule has 18 nitrogen and oxygen atoms in total. The van der Waals surface area contributed by atoms with E-state index in [1.807, 2.05) is 98.8 Å². The zero-order chi connectivity index (χ0) is 87.3. The highest BCUT2D eigenvalue weighted by atomic mass is 79.9. The zero-order valence-electron chi connectivity index (χ0n) is 67.0. The van der Waals surface area contributed by atoms with Crippen molar-refractivity contribution in [1.29, 1.82) is 0 Å². The van der Waals surface area contributed by atoms with E-state index < -0.39 is 24.4 Å². The number of aromatic hydroxyl groups is 1. The molecule has 1 radical (unpaired) electrons. The second kappa shape index (κ2) is 44.0. The number of aliphatic carboxylic acids is 1. The van der Waals surface area contributed by atoms with Crippen LogP contribution in [0.3, 0.4) is 0 Å². The van der Waals surface area contributed by atoms with Crippen LogP contribution in [0.2, 0.25) is 20.1 Å². The molecule has 0 aromatic heterocycles. The van der Waals surface area contributed by atoms with Crippen LogP contribution in [0.4, 0.5) is 13.2 Å². The van der Waals surface area contributed by atoms with Crippen LogP contribution in [0.5, 0.6) is 57.5 Å². The molecule has 5 N–H and O–H groups in total. The van der Waals surface area contributed by atoms with E-state index in [1.165, 1.54) is 75.5 Å². The third kappa shape index (κ3) is 22.2. The van der Waals surface area contributed by atoms with E-state index in [9.17, 15) is 42.6 Å². The van der Waals surface area contributed by atoms with Gasteiger partial charge in [-0.2, -0.15) is 4.39 Å². The quantitative estimate of drug-likeness (QED) is 0.0279. The van der Waals surface area contributed by atoms with Gasteiger partial charge in [0.2, 0.25) is 5.82 Å². The Kier molecular flexibility index (Phi) is 33.8. The number of benzene rings is 11. The van der Waals surface area contributed by atoms with Crippen molar-refractivity contribution in [2.24, 2.45) is 0 Å². The first-order valence-electron chi connectivity index (χ1n) is 38.4. The van der Waals surface area contributed by atoms with Crippen LogP contribution in [0.15, 0.2) is 185 Å². The summed E-state index contributed by atoms with van der Waals surface area (Å²) in [5.41, 5.74) is 14.8. The summed E-state index contributed by atoms with van der Waals surface area (Å²) in [5.74, 6) is 0.850. The van der Waals surface area contributed by atoms with Gasteiger partial charge in [0.1, 0.15) is 93.8 Å². The summed E-state index contributed by atoms with van der Waals surface area (Å²) in [6, 6.07) is 50.6. The first-order chi connectivity index (χ1) is 58.4. The van der Waals surface area contributed by atoms with Crippen LogP contribution >= 0.6 is 78.3 Å². The predicted molar refractivity (Wildman–Crippen MR) is 470 cm³/mol. The molecule has 15 rings (SSSR count). The zero-order valence-corrected chi connectivity index (χ0v) is 73.2. The number of phenolic OH excluding ortho intramolecular Hbond substituents is 1. The Labute approximate surface area is 737 Å². The molecule has 0 amide bonds. The van der Waals surface area contributed by atoms with Gasteiger partial charge in [-0.15, -0.1) is 0 Å². The third-order valence-corrected chi connectivity index (χ3v) is 23.2. The number of hydrogen-bond donors (Lipinski definition) is 5. The maximum absolute atomic E-state index is 14.8. The maximum atomic E-state index is 14.8. The molecule has 0 saturated heterocycles. The van der Waals surface area contributed by atoms with Crippen LogP contribution in [-0.4, -0.2) is 93.9 Å². The molecule has 0 saturated carbocycles. The van der Waals surface area contributed by atoms with Gasteiger partial charge >= 0.3 is 13.7 Å². The minimum absolute atomic E-state index is 0.0446. The number of phenols is 1. The highest BCUT2D eigenvalue weighted by Gasteiger charge is 2.33. The molecule has 0 heterocycles. The van der Waals surface area contributed by atoms with E-state index in [4.69, 9.17) is 89.7 Å². The Morgan fingerprint density at radius 1 is 0.463 bits per heavy atom. The number of nitrogens with one attached hydrogen (secondary N) is 1. The Balaban J connectivity index is 0.000000163. The van der Waals surface area contributed by atoms with Crippen molar-refractivity contribution in [3.63, 3.8) is 0 Å². The molecule has 0 fully saturated rings. The molecule has 28 heteroatoms. The molecular formula is C93H86BBr2Cl4F3NO17. The Morgan fingerprint density at radius 2 is 0.810 bits per heavy atom. The Bertz CT molecular complexity index is 5560. The second-order valence-corrected chi connectivity index (χ2v) is 30.9. The van der Waals surface area contributed by atoms with Crippen molar-refractivity contribution in [2.75, 3.05) is 35.0 Å². The summed E-state index contributed by atoms with van der Waals surface area (Å²) in [7, 11) is 6.28. The lowest BCUT2D eigenvalue weighted by Gasteiger charge is -2.19. The number of aliphatic hydroxyl groups excluding tert-OH is 1. The summed E-state index contributed by atoms with van der Waals surface area (Å²) < 4.78 is 94.4. The van der Waals surface area contributed by atoms with Crippen molar-refractivity contribution in [1.82, 2.24) is 5.32 Å². The molecule has 4 aliphatic carbocycles. The first-order valence-corrected chi connectivity index (χ1v) is 41.5. The number of carboxylic acid groups (broad SMARTS) is 1. The van der Waals surface area contributed by atoms with Gasteiger partial charge in [0.15, 0.2) is 24.6 Å². The fourth-order valence-corrected chi connectivity index (χ4v) is 16.5. The van der Waals surface area contributed by atoms with Crippen molar-refractivity contribution < 1.29 is 95.2 Å². The summed E-state index contributed by atoms with van der Waals surface area (Å²) in [6.45, 7) is 7.13. The largest absolute Gasteiger partial charge is 0.569 e. The number of aliphatic hydroxyl groups is 1. The molecule has 0 aliphatic heterocycles. The van der Waals surface area contributed by atoms with Crippen molar-refractivity contribution in [3.05, 3.63) is 300 Å². The molecule has 121 heavy (non-hydrogen) atoms. The van der Waals surface area contributed by atoms with Crippen molar-refractivity contribution >= 4 is 111 Å². The van der Waals surface area contributed by atoms with Gasteiger partial charge in [-0.25, -0.2) is 8.78 Å². The van der Waals surface area contributed by atoms with Crippen LogP contribution in [0, 0.1) is 31.3 Å². The summed E-state index contributed by atoms with van der Waals surface area (Å²) in [4.78, 5) is 44.1. The number of carboxylic acids is 1. The molecule has 0 bridgehead atoms. The standard InChI is InChI=1S/C27H27ClFNO5.C24H20ClFO3.C17H14BrClO3.C16H12BrClO3.C7H7BFO3.C2H6/c1-15-5-3-8-20(26(15)29)17-6-4-7-19-18(17)9-10-23(19)35-25-12-24(34-2)16(11-21(25)28)13-30-22(14-31)27(32)33;1-14-5-3-8-19(24(14)26)16-6-4-7-18-17(16)9-10-21(18)29-23-12-22(28-2)15(13-27)11-20(23)25;1-21-16-8-17(14(19)7-10(16)9-20)22-15-6-5-11-12(15)3-2-4-13(11)18;17-12-3-1-2-11-10(12)4-5-15(11)21-16-7-14(20)9(8-19)6-13(16)18;1-11-5-3-2-4-6(7(5)9)12-8-10;1-2/h3-8,11-12,22-23,30-31H,9-10,13-14H2,1-2H3,(H,32,33);3-8,11-13,21H,9-10H2,1-2H3;2-4,7-9,15H,5-6H2,1H3;1-3,6-8,15,20H,4-5H2;2-4,10H,1H3;1-2H3/t22-,23-;21-;2*15-;;/m0000../s1. The Morgan fingerprint density at radius 3 is 1.21 bits per heavy atom. The number of fused-ring (bicyclic) bond motifs is 4. The van der Waals surface area contributed by atoms with Gasteiger partial charge in [0.05, 0.1) is 71.8 Å². The molecule has 0 unspecified atom stereocenters. The second-order valence-electron chi connectivity index (χ2n) is 27.6. The molecular weight excluding hydrogens is 1770 g/mol. The predicted octanol–water partition coefficient (Wildman–Crippen LogP) is 22.8. The van der Waals surface area contributed by atoms with Crippen LogP contribution in [0.25, 0.3) is 22.3 Å². The van der Waals surface area contributed by atoms with Gasteiger partial charge < -0.3 is 62.9 Å². The number of aryl methyl sites for hydroxylation is 2. The number of ether oxygens (including phenoxy) is 8. The van der Waals surface area contributed by atoms with E-state index in [0.29, 0.717) is 120 Å². The number of rotatable bonds is 24. The third-order valence-electron chi connectivity index (χ3n) is 20.5. The van der Waals surface area contributed by atoms with Crippen molar-refractivity contribution in [3.8, 4) is 79.7 Å². The molecule has 11 aromatic carbocycles. The lowest BCUT2D eigenvalue weighted by molar-refractivity contribution is -0.140. The number of carbonyl (C=O) groups is 4. The fraction of sp³-hybridized carbons (Fsp3) is 0.247. The lowest BCUT2D eigenvalue weighted by Crippen LogP contribution is -2.39. The maximum Gasteiger partial charge on any atom is 0.569 e. The Hall–Kier alpha value is -10.2. The van der Waals surface area contributed by atoms with E-state index in [1.54, 1.807) is 68.4 Å². The molecule has 4 aliphatic rings. The molecule has 0 spiro atoms. The lowest BCUT2D eigenvalue weighted by atomic mass is 9.95. The van der Waals surface area contributed by atoms with Gasteiger partial charge in [0.25, 0.3) is 0 Å². The molecule has 11 aromatic rings. The number of halogens is 9. The highest BCUT2D eigenvalue weighted by molar-refractivity contribution is 9.10. The summed E-state index contributed by atoms with van der Waals surface area (Å²) in [5, 5.41) is 40.5. The number of carbonyl (C=O) groups excluding carboxylic acids is 3. The van der Waals surface area contributed by atoms with E-state index in [2.05, 4.69) is 52.6 Å². The first kappa shape index (κ1) is 93.0. The number of hydrogen-bond acceptors (Lipinski definition) is 17. The number of methoxy groups -OCH3 is 4. The average Bonchev–Trinajstić information content (AvgIpc) is 1.68. The van der Waals surface area contributed by atoms with Crippen LogP contribution < -0.4 is 47.9 Å². The van der Waals surface area contributed by atoms with Gasteiger partial charge in [0, 0.05) is 56.4 Å². The highest BCUT2D eigenvalue weighted by Crippen LogP contribution is 2.48. The smallest absolute Gasteiger partial charge is 0.535 e. The average molecular weight is 1860 g/mol. The minimum atomic E-state index is -1.15. The number of aldehydes is 3. The topological polar surface area (TPSA) is 244 Å². The van der Waals surface area contributed by atoms with E-state index in [0.717, 1.165) is 106 Å². The monoisotopic (exact) mass is 1850 g/mol. The van der Waals surface area contributed by atoms with E-state index >= 15 is 0 Å². The fourth-order valence-electron chi connectivity index (χ4n) is 14.5. The molecule has 631 valence electrons. The minimum Gasteiger partial charge on any atom is -0.535 e. The van der Waals surface area contributed by atoms with Gasteiger partial charge in [-0.05, 0) is 181 Å². The SMILES string of the molecule is CC.COc1cc(O[C@H]2CCc3c(-c4cccc(C)c4F)cccc32)c(Cl)cc1C=O.COc1cc(O[C@H]2CCc3c(-c4cccc(C)c4F)cccc32)c(Cl)cc1CN[C@@H](CO)C(=O)O.COc1cc(O[C@H]2CCc3c(Br)cccc32)c(Cl)cc1C=O.COc1cccc(O[B]O)c1F.O=Cc1cc(Cl)c(O[C@H]2CCc3c(Br)cccc32)cc1O. The van der Waals surface area contributed by atoms with Crippen molar-refractivity contribution in [2.45, 2.75) is 116 Å².